The Morgan fingerprint density at radius 1 is 1.50 bits per heavy atom. The molecule has 0 aliphatic carbocycles. The second-order valence-electron chi connectivity index (χ2n) is 4.66. The number of hydrogen-bond donors (Lipinski definition) is 0. The van der Waals surface area contributed by atoms with Crippen molar-refractivity contribution in [1.82, 2.24) is 10.1 Å². The number of aromatic nitrogens is 1. The first-order valence-corrected chi connectivity index (χ1v) is 5.57. The molecule has 3 rings (SSSR count). The molecule has 5 nitrogen and oxygen atoms in total. The average Bonchev–Trinajstić information content (AvgIpc) is 3.01. The third-order valence-electron chi connectivity index (χ3n) is 3.56. The zero-order valence-electron chi connectivity index (χ0n) is 9.02. The predicted octanol–water partition coefficient (Wildman–Crippen LogP) is 0.927. The number of hydrogen-bond acceptors (Lipinski definition) is 4. The summed E-state index contributed by atoms with van der Waals surface area (Å²) in [4.78, 5) is 13.8. The van der Waals surface area contributed by atoms with Gasteiger partial charge in [-0.3, -0.25) is 4.79 Å². The molecule has 1 amide bonds. The molecule has 0 unspecified atom stereocenters. The van der Waals surface area contributed by atoms with E-state index in [1.165, 1.54) is 6.20 Å². The van der Waals surface area contributed by atoms with Gasteiger partial charge in [0.15, 0.2) is 0 Å². The fourth-order valence-corrected chi connectivity index (χ4v) is 2.56. The molecule has 2 saturated heterocycles. The Morgan fingerprint density at radius 3 is 3.12 bits per heavy atom. The Hall–Kier alpha value is -1.36. The minimum atomic E-state index is -0.0544. The van der Waals surface area contributed by atoms with Crippen LogP contribution in [0.2, 0.25) is 0 Å². The second kappa shape index (κ2) is 3.59. The van der Waals surface area contributed by atoms with E-state index < -0.39 is 0 Å². The summed E-state index contributed by atoms with van der Waals surface area (Å²) in [7, 11) is 0. The summed E-state index contributed by atoms with van der Waals surface area (Å²) < 4.78 is 10.3. The van der Waals surface area contributed by atoms with Crippen LogP contribution in [-0.2, 0) is 4.74 Å². The van der Waals surface area contributed by atoms with Gasteiger partial charge in [-0.05, 0) is 12.8 Å². The number of carbonyl (C=O) groups excluding carboxylic acids is 1. The molecular weight excluding hydrogens is 208 g/mol. The maximum atomic E-state index is 12.0. The highest BCUT2D eigenvalue weighted by atomic mass is 16.5. The Kier molecular flexibility index (Phi) is 2.21. The van der Waals surface area contributed by atoms with Crippen LogP contribution < -0.4 is 0 Å². The second-order valence-corrected chi connectivity index (χ2v) is 4.66. The van der Waals surface area contributed by atoms with Gasteiger partial charge in [0.05, 0.1) is 12.8 Å². The van der Waals surface area contributed by atoms with Gasteiger partial charge < -0.3 is 14.2 Å². The molecule has 3 heterocycles. The van der Waals surface area contributed by atoms with Crippen molar-refractivity contribution in [1.29, 1.82) is 0 Å². The van der Waals surface area contributed by atoms with Crippen LogP contribution in [0.3, 0.4) is 0 Å². The fraction of sp³-hybridized carbons (Fsp3) is 0.636. The van der Waals surface area contributed by atoms with E-state index in [0.29, 0.717) is 5.76 Å². The van der Waals surface area contributed by atoms with Gasteiger partial charge in [0.1, 0.15) is 0 Å². The lowest BCUT2D eigenvalue weighted by atomic mass is 9.87. The van der Waals surface area contributed by atoms with Gasteiger partial charge in [0.25, 0.3) is 5.91 Å². The molecule has 0 radical (unpaired) electrons. The largest absolute Gasteiger partial charge is 0.381 e. The molecule has 0 bridgehead atoms. The van der Waals surface area contributed by atoms with E-state index >= 15 is 0 Å². The zero-order valence-corrected chi connectivity index (χ0v) is 9.02. The molecule has 86 valence electrons. The lowest BCUT2D eigenvalue weighted by molar-refractivity contribution is 0.0724. The molecular formula is C11H14N2O3. The maximum Gasteiger partial charge on any atom is 0.292 e. The molecule has 2 aliphatic heterocycles. The summed E-state index contributed by atoms with van der Waals surface area (Å²) in [6, 6.07) is 1.61. The molecule has 1 aromatic heterocycles. The van der Waals surface area contributed by atoms with Crippen molar-refractivity contribution in [2.75, 3.05) is 26.3 Å². The van der Waals surface area contributed by atoms with Crippen LogP contribution in [0.5, 0.6) is 0 Å². The van der Waals surface area contributed by atoms with E-state index in [-0.39, 0.29) is 11.3 Å². The van der Waals surface area contributed by atoms with E-state index in [4.69, 9.17) is 9.26 Å². The smallest absolute Gasteiger partial charge is 0.292 e. The average molecular weight is 222 g/mol. The third-order valence-corrected chi connectivity index (χ3v) is 3.56. The molecule has 0 aromatic carbocycles. The maximum absolute atomic E-state index is 12.0. The van der Waals surface area contributed by atoms with Crippen molar-refractivity contribution in [2.45, 2.75) is 12.8 Å². The van der Waals surface area contributed by atoms with Crippen molar-refractivity contribution < 1.29 is 14.1 Å². The van der Waals surface area contributed by atoms with Gasteiger partial charge in [-0.25, -0.2) is 0 Å². The highest BCUT2D eigenvalue weighted by Crippen LogP contribution is 2.38. The van der Waals surface area contributed by atoms with Crippen molar-refractivity contribution in [3.05, 3.63) is 18.0 Å². The summed E-state index contributed by atoms with van der Waals surface area (Å²) in [5.74, 6) is 0.275. The zero-order chi connectivity index (χ0) is 11.0. The topological polar surface area (TPSA) is 55.6 Å². The van der Waals surface area contributed by atoms with Gasteiger partial charge in [-0.15, -0.1) is 0 Å². The van der Waals surface area contributed by atoms with Crippen molar-refractivity contribution in [3.63, 3.8) is 0 Å². The molecule has 0 saturated carbocycles. The van der Waals surface area contributed by atoms with E-state index in [9.17, 15) is 4.79 Å². The highest BCUT2D eigenvalue weighted by molar-refractivity contribution is 5.91. The van der Waals surface area contributed by atoms with Gasteiger partial charge in [-0.1, -0.05) is 5.16 Å². The summed E-state index contributed by atoms with van der Waals surface area (Å²) in [5.41, 5.74) is 0.204. The number of likely N-dealkylation sites (tertiary alicyclic amines) is 1. The Morgan fingerprint density at radius 2 is 2.44 bits per heavy atom. The van der Waals surface area contributed by atoms with Crippen molar-refractivity contribution >= 4 is 5.91 Å². The van der Waals surface area contributed by atoms with Gasteiger partial charge in [-0.2, -0.15) is 0 Å². The number of carbonyl (C=O) groups is 1. The molecule has 2 aliphatic rings. The molecule has 16 heavy (non-hydrogen) atoms. The standard InChI is InChI=1S/C11H14N2O3/c14-10(9-1-4-12-16-9)13-5-2-11(7-13)3-6-15-8-11/h1,4H,2-3,5-8H2/t11-/m0/s1. The van der Waals surface area contributed by atoms with Crippen molar-refractivity contribution in [2.24, 2.45) is 5.41 Å². The van der Waals surface area contributed by atoms with Gasteiger partial charge in [0, 0.05) is 31.2 Å². The summed E-state index contributed by atoms with van der Waals surface area (Å²) in [6.45, 7) is 3.19. The first-order valence-electron chi connectivity index (χ1n) is 5.57. The van der Waals surface area contributed by atoms with Crippen LogP contribution in [0.4, 0.5) is 0 Å². The number of rotatable bonds is 1. The SMILES string of the molecule is O=C(c1ccno1)N1CC[C@]2(CCOC2)C1. The number of ether oxygens (including phenoxy) is 1. The van der Waals surface area contributed by atoms with Gasteiger partial charge >= 0.3 is 0 Å². The van der Waals surface area contributed by atoms with E-state index in [1.807, 2.05) is 4.90 Å². The summed E-state index contributed by atoms with van der Waals surface area (Å²) in [5, 5.41) is 3.56. The quantitative estimate of drug-likeness (QED) is 0.709. The molecule has 0 N–H and O–H groups in total. The predicted molar refractivity (Wildman–Crippen MR) is 54.9 cm³/mol. The Bertz CT molecular complexity index is 382. The van der Waals surface area contributed by atoms with E-state index in [0.717, 1.165) is 39.1 Å². The summed E-state index contributed by atoms with van der Waals surface area (Å²) >= 11 is 0. The number of nitrogens with zero attached hydrogens (tertiary/aromatic N) is 2. The van der Waals surface area contributed by atoms with Crippen LogP contribution in [0, 0.1) is 5.41 Å². The molecule has 1 aromatic rings. The molecule has 5 heteroatoms. The van der Waals surface area contributed by atoms with E-state index in [1.54, 1.807) is 6.07 Å². The fourth-order valence-electron chi connectivity index (χ4n) is 2.56. The molecule has 1 atom stereocenters. The van der Waals surface area contributed by atoms with Crippen LogP contribution >= 0.6 is 0 Å². The van der Waals surface area contributed by atoms with Crippen LogP contribution in [0.15, 0.2) is 16.8 Å². The van der Waals surface area contributed by atoms with Crippen LogP contribution in [0.25, 0.3) is 0 Å². The van der Waals surface area contributed by atoms with E-state index in [2.05, 4.69) is 5.16 Å². The number of amides is 1. The third kappa shape index (κ3) is 1.51. The Labute approximate surface area is 93.3 Å². The monoisotopic (exact) mass is 222 g/mol. The highest BCUT2D eigenvalue weighted by Gasteiger charge is 2.43. The Balaban J connectivity index is 1.72. The minimum absolute atomic E-state index is 0.0544. The van der Waals surface area contributed by atoms with Gasteiger partial charge in [0.2, 0.25) is 5.76 Å². The lowest BCUT2D eigenvalue weighted by Gasteiger charge is -2.21. The minimum Gasteiger partial charge on any atom is -0.381 e. The van der Waals surface area contributed by atoms with Crippen LogP contribution in [0.1, 0.15) is 23.4 Å². The molecule has 1 spiro atoms. The lowest BCUT2D eigenvalue weighted by Crippen LogP contribution is -2.32. The molecule has 2 fully saturated rings. The normalized spacial score (nSPS) is 29.1. The summed E-state index contributed by atoms with van der Waals surface area (Å²) in [6.07, 6.45) is 3.60. The first kappa shape index (κ1) is 9.84. The first-order chi connectivity index (χ1) is 7.79. The van der Waals surface area contributed by atoms with Crippen LogP contribution in [-0.4, -0.2) is 42.3 Å². The van der Waals surface area contributed by atoms with Crippen molar-refractivity contribution in [3.8, 4) is 0 Å².